The van der Waals surface area contributed by atoms with Gasteiger partial charge in [0.1, 0.15) is 12.1 Å². The lowest BCUT2D eigenvalue weighted by molar-refractivity contribution is -0.143. The van der Waals surface area contributed by atoms with Crippen LogP contribution in [-0.2, 0) is 12.4 Å². The van der Waals surface area contributed by atoms with Crippen LogP contribution < -0.4 is 11.1 Å². The highest BCUT2D eigenvalue weighted by molar-refractivity contribution is 6.04. The molecule has 0 aliphatic rings. The molecule has 0 unspecified atom stereocenters. The monoisotopic (exact) mass is 530 g/mol. The summed E-state index contributed by atoms with van der Waals surface area (Å²) in [6.07, 6.45) is -5.68. The van der Waals surface area contributed by atoms with E-state index in [1.54, 1.807) is 19.1 Å². The first kappa shape index (κ1) is 26.3. The summed E-state index contributed by atoms with van der Waals surface area (Å²) >= 11 is 0. The first-order valence-electron chi connectivity index (χ1n) is 10.7. The molecule has 0 saturated heterocycles. The Morgan fingerprint density at radius 1 is 0.895 bits per heavy atom. The summed E-state index contributed by atoms with van der Waals surface area (Å²) in [5.41, 5.74) is 4.86. The van der Waals surface area contributed by atoms with Crippen molar-refractivity contribution in [1.29, 1.82) is 0 Å². The average Bonchev–Trinajstić information content (AvgIpc) is 3.38. The van der Waals surface area contributed by atoms with E-state index in [0.29, 0.717) is 39.9 Å². The van der Waals surface area contributed by atoms with E-state index in [-0.39, 0.29) is 17.4 Å². The van der Waals surface area contributed by atoms with E-state index in [1.807, 2.05) is 0 Å². The van der Waals surface area contributed by atoms with Crippen LogP contribution in [0, 0.1) is 18.8 Å². The summed E-state index contributed by atoms with van der Waals surface area (Å²) in [5, 5.41) is 5.73. The molecule has 38 heavy (non-hydrogen) atoms. The summed E-state index contributed by atoms with van der Waals surface area (Å²) in [5.74, 6) is 4.97. The van der Waals surface area contributed by atoms with Gasteiger partial charge in [-0.05, 0) is 48.9 Å². The molecule has 3 N–H and O–H groups in total. The highest BCUT2D eigenvalue weighted by Gasteiger charge is 2.37. The normalized spacial score (nSPS) is 11.6. The maximum Gasteiger partial charge on any atom is 0.416 e. The number of hydrogen-bond donors (Lipinski definition) is 2. The van der Waals surface area contributed by atoms with Gasteiger partial charge < -0.3 is 15.6 Å². The molecule has 0 radical (unpaired) electrons. The summed E-state index contributed by atoms with van der Waals surface area (Å²) < 4.78 is 83.6. The second-order valence-electron chi connectivity index (χ2n) is 8.10. The fourth-order valence-corrected chi connectivity index (χ4v) is 3.34. The largest absolute Gasteiger partial charge is 0.416 e. The van der Waals surface area contributed by atoms with Gasteiger partial charge >= 0.3 is 12.4 Å². The lowest BCUT2D eigenvalue weighted by Gasteiger charge is -2.15. The van der Waals surface area contributed by atoms with Gasteiger partial charge in [0.25, 0.3) is 5.91 Å². The summed E-state index contributed by atoms with van der Waals surface area (Å²) in [6, 6.07) is 6.79. The first-order valence-corrected chi connectivity index (χ1v) is 10.7. The zero-order valence-electron chi connectivity index (χ0n) is 19.3. The number of nitrogens with one attached hydrogen (secondary N) is 1. The number of nitrogens with two attached hydrogens (primary N) is 1. The third-order valence-electron chi connectivity index (χ3n) is 5.36. The van der Waals surface area contributed by atoms with E-state index in [4.69, 9.17) is 10.3 Å². The molecular formula is C26H16F6N4O2. The zero-order valence-corrected chi connectivity index (χ0v) is 19.3. The van der Waals surface area contributed by atoms with Crippen LogP contribution >= 0.6 is 0 Å². The quantitative estimate of drug-likeness (QED) is 0.239. The molecule has 0 fully saturated rings. The van der Waals surface area contributed by atoms with E-state index in [0.717, 1.165) is 0 Å². The minimum atomic E-state index is -5.05. The van der Waals surface area contributed by atoms with Crippen LogP contribution in [0.2, 0.25) is 0 Å². The Morgan fingerprint density at radius 2 is 1.55 bits per heavy atom. The van der Waals surface area contributed by atoms with Gasteiger partial charge in [-0.1, -0.05) is 23.1 Å². The van der Waals surface area contributed by atoms with Gasteiger partial charge in [0.2, 0.25) is 0 Å². The fraction of sp³-hybridized carbons (Fsp3) is 0.115. The third kappa shape index (κ3) is 5.95. The summed E-state index contributed by atoms with van der Waals surface area (Å²) in [4.78, 5) is 16.8. The number of halogens is 6. The highest BCUT2D eigenvalue weighted by atomic mass is 19.4. The van der Waals surface area contributed by atoms with Crippen molar-refractivity contribution >= 4 is 17.4 Å². The Bertz CT molecular complexity index is 1530. The average molecular weight is 530 g/mol. The molecule has 194 valence electrons. The molecule has 1 amide bonds. The standard InChI is InChI=1S/C26H16F6N4O2/c1-14-2-3-17(24(37)36-22-9-20(25(27,28)29)8-21(10-22)26(30,31)32)6-15(14)4-5-16-7-18(11-34-23(16)33)19-12-35-38-13-19/h2-3,6-13H,1H3,(H2,33,34)(H,36,37). The number of aryl methyl sites for hydroxylation is 1. The van der Waals surface area contributed by atoms with Crippen molar-refractivity contribution in [3.63, 3.8) is 0 Å². The maximum absolute atomic E-state index is 13.1. The third-order valence-corrected chi connectivity index (χ3v) is 5.36. The molecule has 0 bridgehead atoms. The number of anilines is 2. The lowest BCUT2D eigenvalue weighted by Crippen LogP contribution is -2.16. The topological polar surface area (TPSA) is 94.0 Å². The maximum atomic E-state index is 13.1. The molecule has 0 aliphatic carbocycles. The van der Waals surface area contributed by atoms with E-state index >= 15 is 0 Å². The van der Waals surface area contributed by atoms with E-state index in [1.165, 1.54) is 30.8 Å². The molecular weight excluding hydrogens is 514 g/mol. The van der Waals surface area contributed by atoms with Crippen LogP contribution in [0.1, 0.15) is 38.2 Å². The smallest absolute Gasteiger partial charge is 0.383 e. The van der Waals surface area contributed by atoms with Gasteiger partial charge in [-0.2, -0.15) is 26.3 Å². The van der Waals surface area contributed by atoms with Crippen LogP contribution in [0.3, 0.4) is 0 Å². The molecule has 0 saturated carbocycles. The van der Waals surface area contributed by atoms with Crippen LogP contribution in [0.4, 0.5) is 37.8 Å². The van der Waals surface area contributed by atoms with Crippen molar-refractivity contribution < 1.29 is 35.7 Å². The number of aromatic nitrogens is 2. The van der Waals surface area contributed by atoms with Gasteiger partial charge in [-0.25, -0.2) is 4.98 Å². The zero-order chi connectivity index (χ0) is 27.7. The highest BCUT2D eigenvalue weighted by Crippen LogP contribution is 2.37. The van der Waals surface area contributed by atoms with Crippen molar-refractivity contribution in [2.24, 2.45) is 0 Å². The Kier molecular flexibility index (Phi) is 6.87. The van der Waals surface area contributed by atoms with Crippen molar-refractivity contribution in [3.05, 3.63) is 94.5 Å². The molecule has 0 atom stereocenters. The minimum Gasteiger partial charge on any atom is -0.383 e. The first-order chi connectivity index (χ1) is 17.8. The fourth-order valence-electron chi connectivity index (χ4n) is 3.34. The number of nitrogens with zero attached hydrogens (tertiary/aromatic N) is 2. The summed E-state index contributed by atoms with van der Waals surface area (Å²) in [7, 11) is 0. The number of pyridine rings is 1. The van der Waals surface area contributed by atoms with Gasteiger partial charge in [-0.15, -0.1) is 0 Å². The summed E-state index contributed by atoms with van der Waals surface area (Å²) in [6.45, 7) is 1.71. The molecule has 2 aromatic carbocycles. The molecule has 2 aromatic heterocycles. The second-order valence-corrected chi connectivity index (χ2v) is 8.10. The number of carbonyl (C=O) groups is 1. The van der Waals surface area contributed by atoms with Crippen LogP contribution in [0.25, 0.3) is 11.1 Å². The minimum absolute atomic E-state index is 0.0200. The van der Waals surface area contributed by atoms with Crippen molar-refractivity contribution in [2.45, 2.75) is 19.3 Å². The van der Waals surface area contributed by atoms with E-state index in [9.17, 15) is 31.1 Å². The SMILES string of the molecule is Cc1ccc(C(=O)Nc2cc(C(F)(F)F)cc(C(F)(F)F)c2)cc1C#Cc1cc(-c2cnoc2)cnc1N. The molecule has 0 aliphatic heterocycles. The van der Waals surface area contributed by atoms with E-state index in [2.05, 4.69) is 27.3 Å². The Morgan fingerprint density at radius 3 is 2.16 bits per heavy atom. The van der Waals surface area contributed by atoms with Crippen molar-refractivity contribution in [1.82, 2.24) is 10.1 Å². The van der Waals surface area contributed by atoms with Crippen LogP contribution in [0.15, 0.2) is 65.6 Å². The van der Waals surface area contributed by atoms with E-state index < -0.39 is 35.1 Å². The molecule has 4 rings (SSSR count). The Balaban J connectivity index is 1.63. The number of amides is 1. The lowest BCUT2D eigenvalue weighted by atomic mass is 10.0. The molecule has 4 aromatic rings. The van der Waals surface area contributed by atoms with Crippen LogP contribution in [-0.4, -0.2) is 16.0 Å². The van der Waals surface area contributed by atoms with Gasteiger partial charge in [0, 0.05) is 34.1 Å². The number of benzene rings is 2. The molecule has 12 heteroatoms. The van der Waals surface area contributed by atoms with Crippen molar-refractivity contribution in [3.8, 4) is 23.0 Å². The number of hydrogen-bond acceptors (Lipinski definition) is 5. The second kappa shape index (κ2) is 9.93. The Labute approximate surface area is 211 Å². The number of rotatable bonds is 3. The van der Waals surface area contributed by atoms with Gasteiger partial charge in [-0.3, -0.25) is 4.79 Å². The van der Waals surface area contributed by atoms with Crippen LogP contribution in [0.5, 0.6) is 0 Å². The van der Waals surface area contributed by atoms with Gasteiger partial charge in [0.05, 0.1) is 22.9 Å². The number of nitrogen functional groups attached to an aromatic ring is 1. The molecule has 2 heterocycles. The number of carbonyl (C=O) groups excluding carboxylic acids is 1. The van der Waals surface area contributed by atoms with Gasteiger partial charge in [0.15, 0.2) is 0 Å². The molecule has 6 nitrogen and oxygen atoms in total. The Hall–Kier alpha value is -4.79. The predicted octanol–water partition coefficient (Wildman–Crippen LogP) is 6.32. The van der Waals surface area contributed by atoms with Crippen molar-refractivity contribution in [2.75, 3.05) is 11.1 Å². The number of alkyl halides is 6. The molecule has 0 spiro atoms. The predicted molar refractivity (Wildman–Crippen MR) is 126 cm³/mol.